The summed E-state index contributed by atoms with van der Waals surface area (Å²) >= 11 is 0. The first-order chi connectivity index (χ1) is 7.82. The summed E-state index contributed by atoms with van der Waals surface area (Å²) in [5, 5.41) is 13.6. The number of aliphatic carboxylic acids is 1. The lowest BCUT2D eigenvalue weighted by atomic mass is 10.1. The van der Waals surface area contributed by atoms with E-state index in [9.17, 15) is 14.4 Å². The van der Waals surface area contributed by atoms with E-state index < -0.39 is 23.8 Å². The normalized spacial score (nSPS) is 13.5. The van der Waals surface area contributed by atoms with Crippen LogP contribution in [-0.4, -0.2) is 35.6 Å². The molecular weight excluding hydrogens is 226 g/mol. The van der Waals surface area contributed by atoms with Crippen molar-refractivity contribution in [2.24, 2.45) is 11.7 Å². The Balaban J connectivity index is 3.73. The molecule has 0 aliphatic carbocycles. The highest BCUT2D eigenvalue weighted by molar-refractivity contribution is 5.77. The van der Waals surface area contributed by atoms with Gasteiger partial charge in [0.15, 0.2) is 0 Å². The molecule has 0 aliphatic rings. The lowest BCUT2D eigenvalue weighted by molar-refractivity contribution is -0.141. The number of carbonyl (C=O) groups is 3. The van der Waals surface area contributed by atoms with E-state index in [0.29, 0.717) is 6.42 Å². The van der Waals surface area contributed by atoms with Crippen molar-refractivity contribution in [1.82, 2.24) is 10.6 Å². The molecule has 0 heterocycles. The zero-order chi connectivity index (χ0) is 13.4. The molecule has 7 nitrogen and oxygen atoms in total. The van der Waals surface area contributed by atoms with Gasteiger partial charge in [0.05, 0.1) is 5.92 Å². The second-order valence-electron chi connectivity index (χ2n) is 4.00. The first-order valence-corrected chi connectivity index (χ1v) is 5.38. The average molecular weight is 245 g/mol. The molecule has 0 saturated heterocycles. The molecule has 98 valence electrons. The van der Waals surface area contributed by atoms with Gasteiger partial charge in [0.25, 0.3) is 0 Å². The molecule has 0 aromatic carbocycles. The summed E-state index contributed by atoms with van der Waals surface area (Å²) in [6.07, 6.45) is 0.423. The van der Waals surface area contributed by atoms with Crippen molar-refractivity contribution in [1.29, 1.82) is 0 Å². The van der Waals surface area contributed by atoms with Gasteiger partial charge in [-0.15, -0.1) is 0 Å². The minimum absolute atomic E-state index is 0.0684. The van der Waals surface area contributed by atoms with E-state index in [2.05, 4.69) is 10.6 Å². The second kappa shape index (κ2) is 7.48. The fourth-order valence-electron chi connectivity index (χ4n) is 1.15. The number of hydrogen-bond donors (Lipinski definition) is 4. The predicted octanol–water partition coefficient (Wildman–Crippen LogP) is -0.340. The van der Waals surface area contributed by atoms with Crippen LogP contribution in [0.4, 0.5) is 4.79 Å². The van der Waals surface area contributed by atoms with Crippen LogP contribution in [-0.2, 0) is 9.59 Å². The Labute approximate surface area is 99.7 Å². The van der Waals surface area contributed by atoms with Crippen LogP contribution in [0.5, 0.6) is 0 Å². The molecule has 5 N–H and O–H groups in total. The predicted molar refractivity (Wildman–Crippen MR) is 61.2 cm³/mol. The van der Waals surface area contributed by atoms with Gasteiger partial charge in [-0.25, -0.2) is 4.79 Å². The van der Waals surface area contributed by atoms with Gasteiger partial charge in [-0.2, -0.15) is 0 Å². The maximum absolute atomic E-state index is 11.3. The number of amides is 3. The van der Waals surface area contributed by atoms with Crippen molar-refractivity contribution in [3.63, 3.8) is 0 Å². The van der Waals surface area contributed by atoms with Gasteiger partial charge < -0.3 is 21.5 Å². The maximum atomic E-state index is 11.3. The standard InChI is InChI=1S/C10H19N3O4/c1-6(9(15)16)3-4-12-10(17)13-7(2)5-8(11)14/h6-7H,3-5H2,1-2H3,(H2,11,14)(H,15,16)(H2,12,13,17). The van der Waals surface area contributed by atoms with Gasteiger partial charge in [-0.3, -0.25) is 9.59 Å². The minimum Gasteiger partial charge on any atom is -0.481 e. The number of primary amides is 1. The van der Waals surface area contributed by atoms with E-state index >= 15 is 0 Å². The number of rotatable bonds is 7. The van der Waals surface area contributed by atoms with Gasteiger partial charge in [0.2, 0.25) is 5.91 Å². The quantitative estimate of drug-likeness (QED) is 0.490. The highest BCUT2D eigenvalue weighted by Gasteiger charge is 2.12. The fourth-order valence-corrected chi connectivity index (χ4v) is 1.15. The fraction of sp³-hybridized carbons (Fsp3) is 0.700. The van der Waals surface area contributed by atoms with Gasteiger partial charge in [-0.1, -0.05) is 6.92 Å². The SMILES string of the molecule is CC(CC(N)=O)NC(=O)NCCC(C)C(=O)O. The largest absolute Gasteiger partial charge is 0.481 e. The lowest BCUT2D eigenvalue weighted by Gasteiger charge is -2.13. The summed E-state index contributed by atoms with van der Waals surface area (Å²) in [6, 6.07) is -0.777. The smallest absolute Gasteiger partial charge is 0.315 e. The monoisotopic (exact) mass is 245 g/mol. The Morgan fingerprint density at radius 1 is 1.29 bits per heavy atom. The third-order valence-electron chi connectivity index (χ3n) is 2.17. The minimum atomic E-state index is -0.894. The van der Waals surface area contributed by atoms with E-state index in [4.69, 9.17) is 10.8 Å². The number of carboxylic acid groups (broad SMARTS) is 1. The van der Waals surface area contributed by atoms with Crippen molar-refractivity contribution in [3.8, 4) is 0 Å². The molecule has 2 atom stereocenters. The van der Waals surface area contributed by atoms with Crippen LogP contribution in [0.15, 0.2) is 0 Å². The van der Waals surface area contributed by atoms with E-state index in [1.807, 2.05) is 0 Å². The summed E-state index contributed by atoms with van der Waals surface area (Å²) in [4.78, 5) is 32.3. The van der Waals surface area contributed by atoms with Gasteiger partial charge in [0, 0.05) is 19.0 Å². The Morgan fingerprint density at radius 3 is 2.35 bits per heavy atom. The topological polar surface area (TPSA) is 122 Å². The molecule has 7 heteroatoms. The van der Waals surface area contributed by atoms with Crippen LogP contribution >= 0.6 is 0 Å². The molecule has 2 unspecified atom stereocenters. The zero-order valence-electron chi connectivity index (χ0n) is 10.0. The van der Waals surface area contributed by atoms with E-state index in [0.717, 1.165) is 0 Å². The number of carbonyl (C=O) groups excluding carboxylic acids is 2. The molecule has 0 fully saturated rings. The van der Waals surface area contributed by atoms with Crippen molar-refractivity contribution in [2.75, 3.05) is 6.54 Å². The molecule has 0 radical (unpaired) electrons. The van der Waals surface area contributed by atoms with Gasteiger partial charge in [0.1, 0.15) is 0 Å². The molecule has 0 rings (SSSR count). The summed E-state index contributed by atoms with van der Waals surface area (Å²) in [5.74, 6) is -1.88. The maximum Gasteiger partial charge on any atom is 0.315 e. The molecule has 0 saturated carbocycles. The Bertz CT molecular complexity index is 293. The molecule has 0 aromatic heterocycles. The van der Waals surface area contributed by atoms with Crippen molar-refractivity contribution >= 4 is 17.9 Å². The van der Waals surface area contributed by atoms with Crippen LogP contribution in [0.2, 0.25) is 0 Å². The summed E-state index contributed by atoms with van der Waals surface area (Å²) < 4.78 is 0. The van der Waals surface area contributed by atoms with E-state index in [1.165, 1.54) is 0 Å². The molecular formula is C10H19N3O4. The van der Waals surface area contributed by atoms with Crippen molar-refractivity contribution < 1.29 is 19.5 Å². The number of nitrogens with two attached hydrogens (primary N) is 1. The van der Waals surface area contributed by atoms with Crippen molar-refractivity contribution in [3.05, 3.63) is 0 Å². The number of hydrogen-bond acceptors (Lipinski definition) is 3. The summed E-state index contributed by atoms with van der Waals surface area (Å²) in [5.41, 5.74) is 4.97. The molecule has 0 spiro atoms. The highest BCUT2D eigenvalue weighted by Crippen LogP contribution is 1.99. The van der Waals surface area contributed by atoms with Crippen LogP contribution in [0.3, 0.4) is 0 Å². The van der Waals surface area contributed by atoms with E-state index in [1.54, 1.807) is 13.8 Å². The Morgan fingerprint density at radius 2 is 1.88 bits per heavy atom. The van der Waals surface area contributed by atoms with Crippen LogP contribution in [0.1, 0.15) is 26.7 Å². The summed E-state index contributed by atoms with van der Waals surface area (Å²) in [7, 11) is 0. The van der Waals surface area contributed by atoms with Gasteiger partial charge >= 0.3 is 12.0 Å². The first kappa shape index (κ1) is 15.2. The van der Waals surface area contributed by atoms with Crippen LogP contribution in [0, 0.1) is 5.92 Å². The third kappa shape index (κ3) is 8.06. The molecule has 0 aromatic rings. The van der Waals surface area contributed by atoms with E-state index in [-0.39, 0.29) is 19.0 Å². The molecule has 0 bridgehead atoms. The Hall–Kier alpha value is -1.79. The Kier molecular flexibility index (Phi) is 6.69. The summed E-state index contributed by atoms with van der Waals surface area (Å²) in [6.45, 7) is 3.49. The lowest BCUT2D eigenvalue weighted by Crippen LogP contribution is -2.42. The second-order valence-corrected chi connectivity index (χ2v) is 4.00. The number of urea groups is 1. The molecule has 3 amide bonds. The zero-order valence-corrected chi connectivity index (χ0v) is 10.0. The van der Waals surface area contributed by atoms with Crippen LogP contribution in [0.25, 0.3) is 0 Å². The van der Waals surface area contributed by atoms with Gasteiger partial charge in [-0.05, 0) is 13.3 Å². The third-order valence-corrected chi connectivity index (χ3v) is 2.17. The molecule has 0 aliphatic heterocycles. The number of nitrogens with one attached hydrogen (secondary N) is 2. The highest BCUT2D eigenvalue weighted by atomic mass is 16.4. The first-order valence-electron chi connectivity index (χ1n) is 5.38. The number of carboxylic acids is 1. The molecule has 17 heavy (non-hydrogen) atoms. The van der Waals surface area contributed by atoms with Crippen molar-refractivity contribution in [2.45, 2.75) is 32.7 Å². The van der Waals surface area contributed by atoms with Crippen LogP contribution < -0.4 is 16.4 Å². The average Bonchev–Trinajstić information content (AvgIpc) is 2.15.